The lowest BCUT2D eigenvalue weighted by molar-refractivity contribution is 0.210. The molecule has 0 saturated carbocycles. The van der Waals surface area contributed by atoms with Crippen molar-refractivity contribution in [3.8, 4) is 5.75 Å². The minimum atomic E-state index is 0.359. The number of benzene rings is 1. The summed E-state index contributed by atoms with van der Waals surface area (Å²) in [6.45, 7) is 11.7. The first-order chi connectivity index (χ1) is 9.62. The fourth-order valence-electron chi connectivity index (χ4n) is 2.32. The predicted octanol–water partition coefficient (Wildman–Crippen LogP) is 3.47. The van der Waals surface area contributed by atoms with E-state index in [0.29, 0.717) is 12.1 Å². The van der Waals surface area contributed by atoms with Crippen molar-refractivity contribution in [2.24, 2.45) is 0 Å². The van der Waals surface area contributed by atoms with Gasteiger partial charge in [-0.15, -0.1) is 0 Å². The molecule has 1 atom stereocenters. The standard InChI is InChI=1S/C17H30N2O/c1-6-12-20-16-10-8-15(9-11-16)17(18-5)13-19(7-2)14(3)4/h8-11,14,17-18H,6-7,12-13H2,1-5H3. The van der Waals surface area contributed by atoms with Crippen LogP contribution in [0.4, 0.5) is 0 Å². The number of hydrogen-bond acceptors (Lipinski definition) is 3. The summed E-state index contributed by atoms with van der Waals surface area (Å²) in [6.07, 6.45) is 1.04. The van der Waals surface area contributed by atoms with Crippen molar-refractivity contribution in [2.75, 3.05) is 26.7 Å². The molecule has 0 heterocycles. The molecule has 0 radical (unpaired) electrons. The monoisotopic (exact) mass is 278 g/mol. The Labute approximate surface area is 124 Å². The fourth-order valence-corrected chi connectivity index (χ4v) is 2.32. The van der Waals surface area contributed by atoms with E-state index in [1.165, 1.54) is 5.56 Å². The third-order valence-corrected chi connectivity index (χ3v) is 3.66. The molecule has 3 nitrogen and oxygen atoms in total. The largest absolute Gasteiger partial charge is 0.494 e. The minimum absolute atomic E-state index is 0.359. The molecule has 0 bridgehead atoms. The lowest BCUT2D eigenvalue weighted by Gasteiger charge is -2.29. The zero-order valence-corrected chi connectivity index (χ0v) is 13.6. The van der Waals surface area contributed by atoms with Gasteiger partial charge in [0.05, 0.1) is 6.61 Å². The second-order valence-electron chi connectivity index (χ2n) is 5.44. The van der Waals surface area contributed by atoms with Crippen molar-refractivity contribution >= 4 is 0 Å². The Morgan fingerprint density at radius 3 is 2.25 bits per heavy atom. The number of hydrogen-bond donors (Lipinski definition) is 1. The van der Waals surface area contributed by atoms with Crippen molar-refractivity contribution < 1.29 is 4.74 Å². The minimum Gasteiger partial charge on any atom is -0.494 e. The van der Waals surface area contributed by atoms with E-state index < -0.39 is 0 Å². The van der Waals surface area contributed by atoms with Gasteiger partial charge in [-0.3, -0.25) is 4.90 Å². The molecule has 114 valence electrons. The normalized spacial score (nSPS) is 12.9. The number of nitrogens with one attached hydrogen (secondary N) is 1. The molecule has 0 saturated heterocycles. The van der Waals surface area contributed by atoms with E-state index >= 15 is 0 Å². The van der Waals surface area contributed by atoms with Gasteiger partial charge >= 0.3 is 0 Å². The molecule has 0 aromatic heterocycles. The molecule has 1 aromatic carbocycles. The van der Waals surface area contributed by atoms with Gasteiger partial charge in [0.2, 0.25) is 0 Å². The summed E-state index contributed by atoms with van der Waals surface area (Å²) in [4.78, 5) is 2.47. The van der Waals surface area contributed by atoms with Crippen molar-refractivity contribution in [1.82, 2.24) is 10.2 Å². The molecule has 0 fully saturated rings. The van der Waals surface area contributed by atoms with Crippen LogP contribution in [0.15, 0.2) is 24.3 Å². The zero-order chi connectivity index (χ0) is 15.0. The molecule has 1 unspecified atom stereocenters. The van der Waals surface area contributed by atoms with Crippen LogP contribution in [0.25, 0.3) is 0 Å². The fraction of sp³-hybridized carbons (Fsp3) is 0.647. The van der Waals surface area contributed by atoms with Gasteiger partial charge in [-0.05, 0) is 51.6 Å². The highest BCUT2D eigenvalue weighted by Gasteiger charge is 2.15. The third kappa shape index (κ3) is 5.14. The topological polar surface area (TPSA) is 24.5 Å². The first-order valence-electron chi connectivity index (χ1n) is 7.76. The predicted molar refractivity (Wildman–Crippen MR) is 86.4 cm³/mol. The summed E-state index contributed by atoms with van der Waals surface area (Å²) in [7, 11) is 2.03. The van der Waals surface area contributed by atoms with Crippen molar-refractivity contribution in [2.45, 2.75) is 46.2 Å². The maximum atomic E-state index is 5.63. The SMILES string of the molecule is CCCOc1ccc(C(CN(CC)C(C)C)NC)cc1. The van der Waals surface area contributed by atoms with E-state index in [4.69, 9.17) is 4.74 Å². The Bertz CT molecular complexity index is 362. The van der Waals surface area contributed by atoms with E-state index in [1.807, 2.05) is 7.05 Å². The van der Waals surface area contributed by atoms with Gasteiger partial charge in [0.15, 0.2) is 0 Å². The molecule has 1 rings (SSSR count). The quantitative estimate of drug-likeness (QED) is 0.748. The summed E-state index contributed by atoms with van der Waals surface area (Å²) < 4.78 is 5.63. The zero-order valence-electron chi connectivity index (χ0n) is 13.6. The van der Waals surface area contributed by atoms with E-state index in [2.05, 4.69) is 62.2 Å². The highest BCUT2D eigenvalue weighted by atomic mass is 16.5. The van der Waals surface area contributed by atoms with Gasteiger partial charge in [-0.2, -0.15) is 0 Å². The Morgan fingerprint density at radius 1 is 1.15 bits per heavy atom. The Hall–Kier alpha value is -1.06. The second-order valence-corrected chi connectivity index (χ2v) is 5.44. The van der Waals surface area contributed by atoms with Crippen molar-refractivity contribution in [1.29, 1.82) is 0 Å². The number of likely N-dealkylation sites (N-methyl/N-ethyl adjacent to an activating group) is 2. The maximum Gasteiger partial charge on any atom is 0.119 e. The third-order valence-electron chi connectivity index (χ3n) is 3.66. The van der Waals surface area contributed by atoms with Crippen LogP contribution in [-0.2, 0) is 0 Å². The molecule has 20 heavy (non-hydrogen) atoms. The highest BCUT2D eigenvalue weighted by Crippen LogP contribution is 2.19. The van der Waals surface area contributed by atoms with Crippen molar-refractivity contribution in [3.05, 3.63) is 29.8 Å². The molecule has 1 aromatic rings. The molecule has 0 amide bonds. The number of ether oxygens (including phenoxy) is 1. The van der Waals surface area contributed by atoms with Crippen molar-refractivity contribution in [3.63, 3.8) is 0 Å². The van der Waals surface area contributed by atoms with Crippen LogP contribution in [0.1, 0.15) is 45.7 Å². The Kier molecular flexibility index (Phi) is 7.63. The van der Waals surface area contributed by atoms with Crippen LogP contribution in [0.3, 0.4) is 0 Å². The average Bonchev–Trinajstić information content (AvgIpc) is 2.47. The van der Waals surface area contributed by atoms with E-state index in [1.54, 1.807) is 0 Å². The smallest absolute Gasteiger partial charge is 0.119 e. The Morgan fingerprint density at radius 2 is 1.80 bits per heavy atom. The summed E-state index contributed by atoms with van der Waals surface area (Å²) in [5.74, 6) is 0.960. The first-order valence-corrected chi connectivity index (χ1v) is 7.76. The number of rotatable bonds is 9. The van der Waals surface area contributed by atoms with Gasteiger partial charge in [-0.25, -0.2) is 0 Å². The van der Waals surface area contributed by atoms with Gasteiger partial charge in [0.1, 0.15) is 5.75 Å². The summed E-state index contributed by atoms with van der Waals surface area (Å²) in [5.41, 5.74) is 1.32. The van der Waals surface area contributed by atoms with Gasteiger partial charge in [-0.1, -0.05) is 26.0 Å². The highest BCUT2D eigenvalue weighted by molar-refractivity contribution is 5.29. The first kappa shape index (κ1) is 17.0. The molecule has 0 aliphatic heterocycles. The van der Waals surface area contributed by atoms with Crippen LogP contribution in [0, 0.1) is 0 Å². The van der Waals surface area contributed by atoms with Gasteiger partial charge in [0, 0.05) is 18.6 Å². The second kappa shape index (κ2) is 8.98. The summed E-state index contributed by atoms with van der Waals surface area (Å²) in [6, 6.07) is 9.41. The molecule has 1 N–H and O–H groups in total. The molecule has 3 heteroatoms. The number of nitrogens with zero attached hydrogens (tertiary/aromatic N) is 1. The van der Waals surface area contributed by atoms with Gasteiger partial charge < -0.3 is 10.1 Å². The molecule has 0 aliphatic carbocycles. The van der Waals surface area contributed by atoms with E-state index in [-0.39, 0.29) is 0 Å². The molecular formula is C17H30N2O. The summed E-state index contributed by atoms with van der Waals surface area (Å²) in [5, 5.41) is 3.42. The molecule has 0 aliphatic rings. The van der Waals surface area contributed by atoms with E-state index in [0.717, 1.165) is 31.9 Å². The van der Waals surface area contributed by atoms with Crippen LogP contribution in [0.5, 0.6) is 5.75 Å². The molecular weight excluding hydrogens is 248 g/mol. The van der Waals surface area contributed by atoms with Gasteiger partial charge in [0.25, 0.3) is 0 Å². The average molecular weight is 278 g/mol. The van der Waals surface area contributed by atoms with Crippen LogP contribution in [0.2, 0.25) is 0 Å². The van der Waals surface area contributed by atoms with Crippen LogP contribution in [-0.4, -0.2) is 37.7 Å². The Balaban J connectivity index is 2.69. The summed E-state index contributed by atoms with van der Waals surface area (Å²) >= 11 is 0. The molecule has 0 spiro atoms. The van der Waals surface area contributed by atoms with E-state index in [9.17, 15) is 0 Å². The van der Waals surface area contributed by atoms with Crippen LogP contribution < -0.4 is 10.1 Å². The lowest BCUT2D eigenvalue weighted by atomic mass is 10.1. The van der Waals surface area contributed by atoms with Crippen LogP contribution >= 0.6 is 0 Å². The maximum absolute atomic E-state index is 5.63. The lowest BCUT2D eigenvalue weighted by Crippen LogP contribution is -2.38.